The minimum Gasteiger partial charge on any atom is -0.486 e. The van der Waals surface area contributed by atoms with E-state index in [1.165, 1.54) is 48.6 Å². The lowest BCUT2D eigenvalue weighted by Crippen LogP contribution is -2.16. The van der Waals surface area contributed by atoms with E-state index in [-0.39, 0.29) is 23.9 Å². The SMILES string of the molecule is C1=NNC(c2ccc3c(c2)CCC3)C1.C1=NNC(c2ccc3c(c2)OCCO3)C1.FC(F)Oc1ccc(C2CC=NN2)cc1.Fc1ccc(C2CC=NN2)cc1F. The molecular weight excluding hydrogens is 741 g/mol. The maximum Gasteiger partial charge on any atom is 0.387 e. The van der Waals surface area contributed by atoms with Gasteiger partial charge < -0.3 is 35.9 Å². The van der Waals surface area contributed by atoms with Crippen LogP contribution in [-0.2, 0) is 12.8 Å². The molecule has 0 amide bonds. The maximum atomic E-state index is 12.8. The Labute approximate surface area is 328 Å². The molecule has 0 fully saturated rings. The molecule has 0 radical (unpaired) electrons. The number of rotatable bonds is 6. The quantitative estimate of drug-likeness (QED) is 0.146. The number of benzene rings is 4. The van der Waals surface area contributed by atoms with Crippen LogP contribution in [0.3, 0.4) is 0 Å². The lowest BCUT2D eigenvalue weighted by Gasteiger charge is -2.20. The first kappa shape index (κ1) is 39.1. The zero-order valence-electron chi connectivity index (χ0n) is 31.1. The standard InChI is InChI=1S/C12H14N2.C11H12N2O2.C10H10F2N2O.C9H8F2N2/c1-2-9-4-5-11(8-10(9)3-1)12-6-7-13-14-12;1-2-10-11(15-6-5-14-10)7-8(1)9-3-4-12-13-9;11-10(12)15-8-3-1-7(2-4-8)9-5-6-13-14-9;10-7-2-1-6(5-8(7)11)9-3-4-12-13-9/h4-5,7-8,12,14H,1-3,6H2;1-2,4,7,9,13H,3,5-6H2;1-4,6,9-10,14H,5H2;1-2,4-5,9,13H,3H2. The van der Waals surface area contributed by atoms with Crippen molar-refractivity contribution in [1.82, 2.24) is 21.7 Å². The topological polar surface area (TPSA) is 125 Å². The van der Waals surface area contributed by atoms with Gasteiger partial charge in [0.1, 0.15) is 19.0 Å². The van der Waals surface area contributed by atoms with Crippen molar-refractivity contribution in [2.24, 2.45) is 20.4 Å². The fourth-order valence-corrected chi connectivity index (χ4v) is 6.95. The van der Waals surface area contributed by atoms with Crippen molar-refractivity contribution >= 4 is 24.9 Å². The van der Waals surface area contributed by atoms with E-state index in [0.717, 1.165) is 48.0 Å². The molecule has 11 nitrogen and oxygen atoms in total. The summed E-state index contributed by atoms with van der Waals surface area (Å²) in [6.45, 7) is -1.51. The van der Waals surface area contributed by atoms with Gasteiger partial charge in [-0.05, 0) is 89.0 Å². The normalized spacial score (nSPS) is 21.4. The molecule has 4 aromatic rings. The summed E-state index contributed by atoms with van der Waals surface area (Å²) in [7, 11) is 0. The highest BCUT2D eigenvalue weighted by atomic mass is 19.3. The number of hydrazone groups is 4. The summed E-state index contributed by atoms with van der Waals surface area (Å²) in [5, 5.41) is 15.8. The van der Waals surface area contributed by atoms with E-state index in [2.05, 4.69) is 71.1 Å². The van der Waals surface area contributed by atoms with Gasteiger partial charge in [0.25, 0.3) is 0 Å². The summed E-state index contributed by atoms with van der Waals surface area (Å²) in [5.41, 5.74) is 19.3. The summed E-state index contributed by atoms with van der Waals surface area (Å²) in [6, 6.07) is 24.2. The van der Waals surface area contributed by atoms with Crippen molar-refractivity contribution in [3.63, 3.8) is 0 Å². The van der Waals surface area contributed by atoms with Crippen molar-refractivity contribution in [3.8, 4) is 17.2 Å². The van der Waals surface area contributed by atoms with Crippen LogP contribution >= 0.6 is 0 Å². The predicted octanol–water partition coefficient (Wildman–Crippen LogP) is 7.97. The van der Waals surface area contributed by atoms with Crippen molar-refractivity contribution < 1.29 is 31.8 Å². The van der Waals surface area contributed by atoms with Crippen LogP contribution in [0.5, 0.6) is 17.2 Å². The molecule has 0 saturated carbocycles. The Balaban J connectivity index is 0.000000116. The van der Waals surface area contributed by atoms with Gasteiger partial charge >= 0.3 is 6.61 Å². The van der Waals surface area contributed by atoms with Crippen LogP contribution in [0.2, 0.25) is 0 Å². The Morgan fingerprint density at radius 1 is 0.526 bits per heavy atom. The first-order valence-corrected chi connectivity index (χ1v) is 19.0. The Morgan fingerprint density at radius 3 is 1.58 bits per heavy atom. The van der Waals surface area contributed by atoms with Gasteiger partial charge in [-0.3, -0.25) is 0 Å². The Hall–Kier alpha value is -6.12. The third-order valence-electron chi connectivity index (χ3n) is 10.00. The number of fused-ring (bicyclic) bond motifs is 2. The molecule has 4 unspecified atom stereocenters. The summed E-state index contributed by atoms with van der Waals surface area (Å²) in [6.07, 6.45) is 14.7. The Kier molecular flexibility index (Phi) is 13.1. The number of halogens is 4. The summed E-state index contributed by atoms with van der Waals surface area (Å²) in [5.74, 6) is 0.220. The number of nitrogens with zero attached hydrogens (tertiary/aromatic N) is 4. The predicted molar refractivity (Wildman–Crippen MR) is 211 cm³/mol. The highest BCUT2D eigenvalue weighted by Crippen LogP contribution is 2.34. The fraction of sp³-hybridized carbons (Fsp3) is 0.333. The van der Waals surface area contributed by atoms with E-state index in [9.17, 15) is 17.6 Å². The maximum absolute atomic E-state index is 12.8. The average Bonchev–Trinajstić information content (AvgIpc) is 4.10. The molecule has 5 heterocycles. The second-order valence-corrected chi connectivity index (χ2v) is 13.8. The molecule has 0 spiro atoms. The van der Waals surface area contributed by atoms with Crippen LogP contribution in [0.25, 0.3) is 0 Å². The summed E-state index contributed by atoms with van der Waals surface area (Å²) in [4.78, 5) is 0. The van der Waals surface area contributed by atoms with E-state index in [1.807, 2.05) is 24.6 Å². The monoisotopic (exact) mass is 784 g/mol. The third-order valence-corrected chi connectivity index (χ3v) is 10.00. The molecule has 4 aromatic carbocycles. The molecule has 0 saturated heterocycles. The summed E-state index contributed by atoms with van der Waals surface area (Å²) >= 11 is 0. The lowest BCUT2D eigenvalue weighted by atomic mass is 10.0. The zero-order valence-corrected chi connectivity index (χ0v) is 31.1. The molecule has 4 N–H and O–H groups in total. The van der Waals surface area contributed by atoms with Gasteiger partial charge in [-0.25, -0.2) is 8.78 Å². The van der Waals surface area contributed by atoms with E-state index in [0.29, 0.717) is 25.7 Å². The second-order valence-electron chi connectivity index (χ2n) is 13.8. The highest BCUT2D eigenvalue weighted by Gasteiger charge is 2.19. The van der Waals surface area contributed by atoms with Crippen LogP contribution in [0.4, 0.5) is 17.6 Å². The van der Waals surface area contributed by atoms with Crippen molar-refractivity contribution in [2.45, 2.75) is 75.7 Å². The number of aryl methyl sites for hydroxylation is 2. The van der Waals surface area contributed by atoms with Crippen LogP contribution in [0.1, 0.15) is 89.7 Å². The second kappa shape index (κ2) is 19.2. The molecule has 0 bridgehead atoms. The smallest absolute Gasteiger partial charge is 0.387 e. The van der Waals surface area contributed by atoms with Gasteiger partial charge in [0.05, 0.1) is 24.2 Å². The van der Waals surface area contributed by atoms with Crippen molar-refractivity contribution in [3.05, 3.63) is 124 Å². The fourth-order valence-electron chi connectivity index (χ4n) is 6.95. The van der Waals surface area contributed by atoms with Gasteiger partial charge in [-0.15, -0.1) is 0 Å². The molecular formula is C42H44F4N8O3. The van der Waals surface area contributed by atoms with Crippen LogP contribution in [-0.4, -0.2) is 44.7 Å². The number of alkyl halides is 2. The van der Waals surface area contributed by atoms with E-state index in [1.54, 1.807) is 41.8 Å². The van der Waals surface area contributed by atoms with Gasteiger partial charge in [0.2, 0.25) is 0 Å². The Bertz CT molecular complexity index is 2050. The lowest BCUT2D eigenvalue weighted by molar-refractivity contribution is -0.0498. The zero-order chi connectivity index (χ0) is 39.4. The van der Waals surface area contributed by atoms with Crippen molar-refractivity contribution in [1.29, 1.82) is 0 Å². The Morgan fingerprint density at radius 2 is 1.02 bits per heavy atom. The van der Waals surface area contributed by atoms with Crippen LogP contribution < -0.4 is 35.9 Å². The van der Waals surface area contributed by atoms with Gasteiger partial charge in [-0.1, -0.05) is 42.5 Å². The van der Waals surface area contributed by atoms with Crippen LogP contribution in [0.15, 0.2) is 99.3 Å². The molecule has 5 aliphatic heterocycles. The highest BCUT2D eigenvalue weighted by molar-refractivity contribution is 5.62. The molecule has 0 aromatic heterocycles. The molecule has 1 aliphatic carbocycles. The minimum atomic E-state index is -2.77. The molecule has 6 aliphatic rings. The van der Waals surface area contributed by atoms with E-state index < -0.39 is 18.2 Å². The first-order valence-electron chi connectivity index (χ1n) is 19.0. The minimum absolute atomic E-state index is 0.0184. The van der Waals surface area contributed by atoms with E-state index in [4.69, 9.17) is 9.47 Å². The third kappa shape index (κ3) is 10.6. The molecule has 298 valence electrons. The number of hydrogen-bond acceptors (Lipinski definition) is 11. The van der Waals surface area contributed by atoms with Gasteiger partial charge in [0.15, 0.2) is 23.1 Å². The van der Waals surface area contributed by atoms with E-state index >= 15 is 0 Å². The molecule has 57 heavy (non-hydrogen) atoms. The number of ether oxygens (including phenoxy) is 3. The summed E-state index contributed by atoms with van der Waals surface area (Å²) < 4.78 is 64.3. The van der Waals surface area contributed by atoms with Gasteiger partial charge in [-0.2, -0.15) is 29.2 Å². The van der Waals surface area contributed by atoms with Crippen LogP contribution in [0, 0.1) is 11.6 Å². The van der Waals surface area contributed by atoms with Crippen molar-refractivity contribution in [2.75, 3.05) is 13.2 Å². The number of hydrogen-bond donors (Lipinski definition) is 4. The average molecular weight is 785 g/mol. The molecule has 4 atom stereocenters. The first-order chi connectivity index (χ1) is 27.9. The largest absolute Gasteiger partial charge is 0.486 e. The molecule has 10 rings (SSSR count). The van der Waals surface area contributed by atoms with Gasteiger partial charge in [0, 0.05) is 50.5 Å². The number of nitrogens with one attached hydrogen (secondary N) is 4. The molecule has 15 heteroatoms.